The average Bonchev–Trinajstić information content (AvgIpc) is 2.78. The topological polar surface area (TPSA) is 64.3 Å². The summed E-state index contributed by atoms with van der Waals surface area (Å²) < 4.78 is 7.53. The Bertz CT molecular complexity index is 605. The Morgan fingerprint density at radius 3 is 2.80 bits per heavy atom. The van der Waals surface area contributed by atoms with Gasteiger partial charge in [-0.15, -0.1) is 0 Å². The van der Waals surface area contributed by atoms with Gasteiger partial charge in [0.05, 0.1) is 17.8 Å². The van der Waals surface area contributed by atoms with Crippen LogP contribution in [0, 0.1) is 0 Å². The van der Waals surface area contributed by atoms with E-state index in [1.54, 1.807) is 16.8 Å². The third-order valence-corrected chi connectivity index (χ3v) is 3.08. The van der Waals surface area contributed by atoms with Gasteiger partial charge in [0.25, 0.3) is 0 Å². The fourth-order valence-corrected chi connectivity index (χ4v) is 1.98. The van der Waals surface area contributed by atoms with Crippen molar-refractivity contribution in [1.29, 1.82) is 0 Å². The molecule has 0 amide bonds. The van der Waals surface area contributed by atoms with E-state index in [1.807, 2.05) is 25.2 Å². The van der Waals surface area contributed by atoms with Gasteiger partial charge in [0, 0.05) is 12.6 Å². The molecule has 20 heavy (non-hydrogen) atoms. The Morgan fingerprint density at radius 2 is 2.15 bits per heavy atom. The number of hydrogen-bond acceptors (Lipinski definition) is 3. The summed E-state index contributed by atoms with van der Waals surface area (Å²) in [7, 11) is 1.88. The van der Waals surface area contributed by atoms with Crippen molar-refractivity contribution in [2.75, 3.05) is 0 Å². The van der Waals surface area contributed by atoms with Crippen LogP contribution >= 0.6 is 0 Å². The highest BCUT2D eigenvalue weighted by atomic mass is 16.5. The van der Waals surface area contributed by atoms with Gasteiger partial charge in [-0.2, -0.15) is 5.10 Å². The molecule has 0 bridgehead atoms. The lowest BCUT2D eigenvalue weighted by Crippen LogP contribution is -2.06. The number of aryl methyl sites for hydroxylation is 2. The second kappa shape index (κ2) is 6.23. The lowest BCUT2D eigenvalue weighted by atomic mass is 10.1. The molecule has 0 saturated carbocycles. The normalized spacial score (nSPS) is 10.5. The molecule has 5 nitrogen and oxygen atoms in total. The molecule has 0 unspecified atom stereocenters. The van der Waals surface area contributed by atoms with E-state index in [-0.39, 0.29) is 6.42 Å². The maximum atomic E-state index is 10.8. The molecular formula is C15H18N2O3. The van der Waals surface area contributed by atoms with E-state index < -0.39 is 5.97 Å². The summed E-state index contributed by atoms with van der Waals surface area (Å²) in [6.07, 6.45) is 0.839. The zero-order valence-corrected chi connectivity index (χ0v) is 11.7. The Balaban J connectivity index is 2.10. The van der Waals surface area contributed by atoms with Crippen LogP contribution in [0.15, 0.2) is 30.3 Å². The molecule has 0 aliphatic heterocycles. The number of aliphatic carboxylic acids is 1. The molecule has 0 radical (unpaired) electrons. The summed E-state index contributed by atoms with van der Waals surface area (Å²) in [5.41, 5.74) is 2.66. The minimum absolute atomic E-state index is 0.0399. The van der Waals surface area contributed by atoms with Gasteiger partial charge in [0.2, 0.25) is 0 Å². The molecule has 106 valence electrons. The fraction of sp³-hybridized carbons (Fsp3) is 0.333. The van der Waals surface area contributed by atoms with Gasteiger partial charge in [-0.3, -0.25) is 9.48 Å². The van der Waals surface area contributed by atoms with Crippen molar-refractivity contribution in [3.8, 4) is 5.75 Å². The molecule has 1 aromatic heterocycles. The fourth-order valence-electron chi connectivity index (χ4n) is 1.98. The van der Waals surface area contributed by atoms with Crippen molar-refractivity contribution in [3.05, 3.63) is 47.3 Å². The van der Waals surface area contributed by atoms with E-state index in [0.717, 1.165) is 17.8 Å². The molecule has 0 atom stereocenters. The number of nitrogens with zero attached hydrogens (tertiary/aromatic N) is 2. The van der Waals surface area contributed by atoms with Crippen LogP contribution in [-0.2, 0) is 31.3 Å². The van der Waals surface area contributed by atoms with Crippen molar-refractivity contribution in [1.82, 2.24) is 9.78 Å². The molecule has 0 aliphatic carbocycles. The molecular weight excluding hydrogens is 256 g/mol. The molecule has 2 aromatic rings. The summed E-state index contributed by atoms with van der Waals surface area (Å²) in [6.45, 7) is 2.43. The number of ether oxygens (including phenoxy) is 1. The zero-order valence-electron chi connectivity index (χ0n) is 11.7. The SMILES string of the molecule is CCc1cc(COc2ccccc2CC(=O)O)n(C)n1. The quantitative estimate of drug-likeness (QED) is 0.877. The highest BCUT2D eigenvalue weighted by Gasteiger charge is 2.09. The number of benzene rings is 1. The first-order chi connectivity index (χ1) is 9.60. The number of para-hydroxylation sites is 1. The second-order valence-electron chi connectivity index (χ2n) is 4.57. The van der Waals surface area contributed by atoms with Crippen LogP contribution in [0.5, 0.6) is 5.75 Å². The highest BCUT2D eigenvalue weighted by molar-refractivity contribution is 5.71. The number of rotatable bonds is 6. The van der Waals surface area contributed by atoms with E-state index in [4.69, 9.17) is 9.84 Å². The van der Waals surface area contributed by atoms with Gasteiger partial charge in [-0.25, -0.2) is 0 Å². The van der Waals surface area contributed by atoms with Crippen molar-refractivity contribution >= 4 is 5.97 Å². The Kier molecular flexibility index (Phi) is 4.40. The molecule has 0 spiro atoms. The molecule has 1 heterocycles. The molecule has 0 saturated heterocycles. The zero-order chi connectivity index (χ0) is 14.5. The van der Waals surface area contributed by atoms with Crippen molar-refractivity contribution in [2.24, 2.45) is 7.05 Å². The lowest BCUT2D eigenvalue weighted by Gasteiger charge is -2.10. The van der Waals surface area contributed by atoms with Crippen molar-refractivity contribution < 1.29 is 14.6 Å². The van der Waals surface area contributed by atoms with Crippen LogP contribution in [0.25, 0.3) is 0 Å². The highest BCUT2D eigenvalue weighted by Crippen LogP contribution is 2.20. The molecule has 0 fully saturated rings. The third kappa shape index (κ3) is 3.38. The standard InChI is InChI=1S/C15H18N2O3/c1-3-12-9-13(17(2)16-12)10-20-14-7-5-4-6-11(14)8-15(18)19/h4-7,9H,3,8,10H2,1-2H3,(H,18,19). The van der Waals surface area contributed by atoms with E-state index >= 15 is 0 Å². The van der Waals surface area contributed by atoms with Crippen LogP contribution in [-0.4, -0.2) is 20.9 Å². The summed E-state index contributed by atoms with van der Waals surface area (Å²) >= 11 is 0. The first kappa shape index (κ1) is 14.1. The summed E-state index contributed by atoms with van der Waals surface area (Å²) in [6, 6.07) is 9.20. The minimum Gasteiger partial charge on any atom is -0.487 e. The predicted molar refractivity (Wildman–Crippen MR) is 74.7 cm³/mol. The molecule has 1 N–H and O–H groups in total. The predicted octanol–water partition coefficient (Wildman–Crippen LogP) is 2.19. The molecule has 0 aliphatic rings. The first-order valence-corrected chi connectivity index (χ1v) is 6.54. The van der Waals surface area contributed by atoms with Gasteiger partial charge in [-0.05, 0) is 18.6 Å². The van der Waals surface area contributed by atoms with Crippen LogP contribution in [0.4, 0.5) is 0 Å². The van der Waals surface area contributed by atoms with E-state index in [1.165, 1.54) is 0 Å². The van der Waals surface area contributed by atoms with Crippen LogP contribution in [0.1, 0.15) is 23.9 Å². The maximum absolute atomic E-state index is 10.8. The van der Waals surface area contributed by atoms with Gasteiger partial charge < -0.3 is 9.84 Å². The van der Waals surface area contributed by atoms with Crippen LogP contribution < -0.4 is 4.74 Å². The number of hydrogen-bond donors (Lipinski definition) is 1. The van der Waals surface area contributed by atoms with E-state index in [9.17, 15) is 4.79 Å². The largest absolute Gasteiger partial charge is 0.487 e. The summed E-state index contributed by atoms with van der Waals surface area (Å²) in [5, 5.41) is 13.2. The molecule has 1 aromatic carbocycles. The van der Waals surface area contributed by atoms with Gasteiger partial charge >= 0.3 is 5.97 Å². The van der Waals surface area contributed by atoms with E-state index in [0.29, 0.717) is 17.9 Å². The number of carboxylic acid groups (broad SMARTS) is 1. The summed E-state index contributed by atoms with van der Waals surface area (Å²) in [4.78, 5) is 10.8. The number of carboxylic acids is 1. The Labute approximate surface area is 117 Å². The Hall–Kier alpha value is -2.30. The van der Waals surface area contributed by atoms with Gasteiger partial charge in [0.15, 0.2) is 0 Å². The van der Waals surface area contributed by atoms with Gasteiger partial charge in [-0.1, -0.05) is 25.1 Å². The smallest absolute Gasteiger partial charge is 0.307 e. The monoisotopic (exact) mass is 274 g/mol. The Morgan fingerprint density at radius 1 is 1.40 bits per heavy atom. The van der Waals surface area contributed by atoms with Crippen molar-refractivity contribution in [3.63, 3.8) is 0 Å². The second-order valence-corrected chi connectivity index (χ2v) is 4.57. The van der Waals surface area contributed by atoms with Gasteiger partial charge in [0.1, 0.15) is 12.4 Å². The number of aromatic nitrogens is 2. The van der Waals surface area contributed by atoms with Crippen LogP contribution in [0.3, 0.4) is 0 Å². The van der Waals surface area contributed by atoms with E-state index in [2.05, 4.69) is 12.0 Å². The average molecular weight is 274 g/mol. The van der Waals surface area contributed by atoms with Crippen molar-refractivity contribution in [2.45, 2.75) is 26.4 Å². The molecule has 2 rings (SSSR count). The lowest BCUT2D eigenvalue weighted by molar-refractivity contribution is -0.136. The molecule has 5 heteroatoms. The third-order valence-electron chi connectivity index (χ3n) is 3.08. The number of carbonyl (C=O) groups is 1. The maximum Gasteiger partial charge on any atom is 0.307 e. The summed E-state index contributed by atoms with van der Waals surface area (Å²) in [5.74, 6) is -0.260. The first-order valence-electron chi connectivity index (χ1n) is 6.54. The van der Waals surface area contributed by atoms with Crippen LogP contribution in [0.2, 0.25) is 0 Å². The minimum atomic E-state index is -0.866.